The number of hydrogen-bond acceptors (Lipinski definition) is 4. The summed E-state index contributed by atoms with van der Waals surface area (Å²) in [5, 5.41) is 21.9. The molecule has 0 aliphatic carbocycles. The normalized spacial score (nSPS) is 22.9. The Hall–Kier alpha value is -0.658. The zero-order valence-electron chi connectivity index (χ0n) is 13.5. The fourth-order valence-corrected chi connectivity index (χ4v) is 5.45. The molecule has 2 aromatic rings. The summed E-state index contributed by atoms with van der Waals surface area (Å²) in [6, 6.07) is 14.2. The summed E-state index contributed by atoms with van der Waals surface area (Å²) in [7, 11) is -0.775. The molecular formula is C17H19AcN2O3P. The number of nitrogens with one attached hydrogen (secondary N) is 1. The molecule has 3 N–H and O–H groups in total. The van der Waals surface area contributed by atoms with Crippen LogP contribution in [0.3, 0.4) is 0 Å². The first-order valence-corrected chi connectivity index (χ1v) is 9.27. The second-order valence-electron chi connectivity index (χ2n) is 5.58. The average molecular weight is 557 g/mol. The number of para-hydroxylation sites is 2. The van der Waals surface area contributed by atoms with E-state index in [4.69, 9.17) is 0 Å². The standard InChI is InChI=1S/C17H19N2O3P.Ac/c1-11(20)19-17(13-8-4-6-10-15(13)22)23(2)16(18-19)12-7-3-5-9-14(12)21;/h3-10,16-18,21-22H,1-2H3;/t16-,17-,23-;/m0./s1. The maximum absolute atomic E-state index is 12.1. The molecule has 1 saturated heterocycles. The summed E-state index contributed by atoms with van der Waals surface area (Å²) in [5.74, 6) is -0.128. The van der Waals surface area contributed by atoms with Gasteiger partial charge in [-0.25, -0.2) is 5.43 Å². The minimum Gasteiger partial charge on any atom is -0.508 e. The van der Waals surface area contributed by atoms with Crippen molar-refractivity contribution in [3.05, 3.63) is 59.7 Å². The molecule has 7 heteroatoms. The topological polar surface area (TPSA) is 72.8 Å². The summed E-state index contributed by atoms with van der Waals surface area (Å²) in [4.78, 5) is 12.1. The van der Waals surface area contributed by atoms with Crippen LogP contribution in [0.25, 0.3) is 0 Å². The van der Waals surface area contributed by atoms with Gasteiger partial charge in [-0.15, -0.1) is 0 Å². The summed E-state index contributed by atoms with van der Waals surface area (Å²) >= 11 is 0. The van der Waals surface area contributed by atoms with Gasteiger partial charge < -0.3 is 10.2 Å². The quantitative estimate of drug-likeness (QED) is 0.496. The van der Waals surface area contributed by atoms with Gasteiger partial charge in [-0.1, -0.05) is 44.3 Å². The molecule has 24 heavy (non-hydrogen) atoms. The van der Waals surface area contributed by atoms with Crippen molar-refractivity contribution in [3.8, 4) is 11.5 Å². The van der Waals surface area contributed by atoms with Crippen LogP contribution in [0.5, 0.6) is 11.5 Å². The first-order chi connectivity index (χ1) is 11.0. The van der Waals surface area contributed by atoms with E-state index < -0.39 is 7.92 Å². The molecule has 1 amide bonds. The third-order valence-electron chi connectivity index (χ3n) is 4.08. The largest absolute Gasteiger partial charge is 0.508 e. The van der Waals surface area contributed by atoms with Crippen LogP contribution in [0.1, 0.15) is 29.6 Å². The van der Waals surface area contributed by atoms with Gasteiger partial charge in [-0.3, -0.25) is 9.80 Å². The molecule has 0 saturated carbocycles. The van der Waals surface area contributed by atoms with Crippen LogP contribution in [0.15, 0.2) is 48.5 Å². The molecule has 2 aromatic carbocycles. The van der Waals surface area contributed by atoms with Crippen molar-refractivity contribution >= 4 is 13.8 Å². The Morgan fingerprint density at radius 2 is 1.54 bits per heavy atom. The molecule has 3 rings (SSSR count). The second kappa shape index (κ2) is 8.15. The number of carbonyl (C=O) groups excluding carboxylic acids is 1. The molecule has 3 atom stereocenters. The Balaban J connectivity index is 0.00000208. The van der Waals surface area contributed by atoms with Crippen molar-refractivity contribution in [2.45, 2.75) is 18.5 Å². The first kappa shape index (κ1) is 19.7. The SMILES string of the molecule is CC(=O)N1N[C@H](c2ccccc2O)[P@](C)[C@H]1c1ccccc1O.[Ac]. The molecule has 123 valence electrons. The fraction of sp³-hybridized carbons (Fsp3) is 0.235. The third kappa shape index (κ3) is 3.63. The van der Waals surface area contributed by atoms with Crippen LogP contribution in [0, 0.1) is 44.1 Å². The van der Waals surface area contributed by atoms with E-state index in [1.54, 1.807) is 29.3 Å². The van der Waals surface area contributed by atoms with Crippen molar-refractivity contribution in [3.63, 3.8) is 0 Å². The van der Waals surface area contributed by atoms with Crippen molar-refractivity contribution in [2.24, 2.45) is 0 Å². The minimum atomic E-state index is -0.775. The number of phenols is 2. The van der Waals surface area contributed by atoms with Crippen LogP contribution in [0.2, 0.25) is 0 Å². The van der Waals surface area contributed by atoms with Crippen molar-refractivity contribution in [1.29, 1.82) is 0 Å². The van der Waals surface area contributed by atoms with Gasteiger partial charge in [0.05, 0.1) is 11.6 Å². The van der Waals surface area contributed by atoms with Gasteiger partial charge in [0.15, 0.2) is 0 Å². The Morgan fingerprint density at radius 3 is 2.04 bits per heavy atom. The first-order valence-electron chi connectivity index (χ1n) is 7.34. The Kier molecular flexibility index (Phi) is 6.67. The Morgan fingerprint density at radius 1 is 1.04 bits per heavy atom. The number of rotatable bonds is 2. The van der Waals surface area contributed by atoms with Crippen LogP contribution in [0.4, 0.5) is 0 Å². The van der Waals surface area contributed by atoms with Crippen molar-refractivity contribution in [2.75, 3.05) is 6.66 Å². The van der Waals surface area contributed by atoms with Crippen LogP contribution < -0.4 is 5.43 Å². The van der Waals surface area contributed by atoms with Gasteiger partial charge in [0.25, 0.3) is 0 Å². The number of aromatic hydroxyl groups is 2. The maximum atomic E-state index is 12.1. The van der Waals surface area contributed by atoms with E-state index >= 15 is 0 Å². The van der Waals surface area contributed by atoms with Gasteiger partial charge in [-0.2, -0.15) is 0 Å². The third-order valence-corrected chi connectivity index (χ3v) is 6.57. The van der Waals surface area contributed by atoms with Crippen molar-refractivity contribution in [1.82, 2.24) is 10.4 Å². The number of nitrogens with zero attached hydrogens (tertiary/aromatic N) is 1. The van der Waals surface area contributed by atoms with Crippen LogP contribution >= 0.6 is 7.92 Å². The second-order valence-corrected chi connectivity index (χ2v) is 7.91. The molecule has 0 bridgehead atoms. The number of hydrogen-bond donors (Lipinski definition) is 3. The smallest absolute Gasteiger partial charge is 0.234 e. The van der Waals surface area contributed by atoms with E-state index in [0.717, 1.165) is 11.1 Å². The molecule has 0 aromatic heterocycles. The molecule has 1 aliphatic rings. The molecule has 1 radical (unpaired) electrons. The van der Waals surface area contributed by atoms with Gasteiger partial charge >= 0.3 is 0 Å². The Bertz CT molecular complexity index is 743. The number of benzene rings is 2. The minimum absolute atomic E-state index is 0. The molecule has 1 aliphatic heterocycles. The van der Waals surface area contributed by atoms with Crippen molar-refractivity contribution < 1.29 is 59.1 Å². The number of hydrazine groups is 1. The number of phenolic OH excluding ortho intramolecular Hbond substituents is 2. The zero-order valence-corrected chi connectivity index (χ0v) is 19.2. The molecule has 1 heterocycles. The number of carbonyl (C=O) groups is 1. The molecule has 0 unspecified atom stereocenters. The van der Waals surface area contributed by atoms with Crippen LogP contribution in [-0.2, 0) is 4.79 Å². The van der Waals surface area contributed by atoms with Gasteiger partial charge in [0.1, 0.15) is 11.5 Å². The van der Waals surface area contributed by atoms with E-state index in [0.29, 0.717) is 0 Å². The predicted molar refractivity (Wildman–Crippen MR) is 90.2 cm³/mol. The molecule has 0 spiro atoms. The van der Waals surface area contributed by atoms with E-state index in [9.17, 15) is 15.0 Å². The van der Waals surface area contributed by atoms with E-state index in [-0.39, 0.29) is 73.0 Å². The Labute approximate surface area is 178 Å². The number of amides is 1. The maximum Gasteiger partial charge on any atom is 0.234 e. The summed E-state index contributed by atoms with van der Waals surface area (Å²) in [6.07, 6.45) is 0. The summed E-state index contributed by atoms with van der Waals surface area (Å²) in [6.45, 7) is 3.57. The fourth-order valence-electron chi connectivity index (χ4n) is 2.95. The summed E-state index contributed by atoms with van der Waals surface area (Å²) < 4.78 is 0. The molecular weight excluding hydrogens is 538 g/mol. The van der Waals surface area contributed by atoms with Gasteiger partial charge in [0.2, 0.25) is 5.91 Å². The zero-order chi connectivity index (χ0) is 16.6. The van der Waals surface area contributed by atoms with E-state index in [2.05, 4.69) is 12.1 Å². The summed E-state index contributed by atoms with van der Waals surface area (Å²) in [5.41, 5.74) is 4.71. The monoisotopic (exact) mass is 557 g/mol. The molecule has 1 fully saturated rings. The van der Waals surface area contributed by atoms with E-state index in [1.807, 2.05) is 24.3 Å². The van der Waals surface area contributed by atoms with Crippen LogP contribution in [-0.4, -0.2) is 27.8 Å². The molecule has 5 nitrogen and oxygen atoms in total. The van der Waals surface area contributed by atoms with Gasteiger partial charge in [0, 0.05) is 62.1 Å². The average Bonchev–Trinajstić information content (AvgIpc) is 2.86. The predicted octanol–water partition coefficient (Wildman–Crippen LogP) is 3.27. The van der Waals surface area contributed by atoms with E-state index in [1.165, 1.54) is 6.92 Å². The van der Waals surface area contributed by atoms with Gasteiger partial charge in [-0.05, 0) is 18.8 Å².